The molecule has 0 atom stereocenters. The minimum Gasteiger partial charge on any atom is -0.229 e. The van der Waals surface area contributed by atoms with Gasteiger partial charge in [-0.15, -0.1) is 5.43 Å². The first-order chi connectivity index (χ1) is 4.58. The van der Waals surface area contributed by atoms with Crippen LogP contribution >= 0.6 is 0 Å². The van der Waals surface area contributed by atoms with Gasteiger partial charge >= 0.3 is 6.34 Å². The van der Waals surface area contributed by atoms with E-state index in [2.05, 4.69) is 15.5 Å². The van der Waals surface area contributed by atoms with Crippen LogP contribution in [0.2, 0.25) is 0 Å². The van der Waals surface area contributed by atoms with Crippen LogP contribution in [0.3, 0.4) is 0 Å². The number of rotatable bonds is 2. The Morgan fingerprint density at radius 1 is 1.80 bits per heavy atom. The largest absolute Gasteiger partial charge is 0.354 e. The van der Waals surface area contributed by atoms with Crippen molar-refractivity contribution in [1.29, 1.82) is 0 Å². The van der Waals surface area contributed by atoms with Gasteiger partial charge in [-0.05, 0) is 4.99 Å². The second-order valence-electron chi connectivity index (χ2n) is 2.00. The fourth-order valence-corrected chi connectivity index (χ4v) is 1.18. The Balaban J connectivity index is 2.57. The molecule has 0 amide bonds. The summed E-state index contributed by atoms with van der Waals surface area (Å²) in [6.07, 6.45) is 2.43. The summed E-state index contributed by atoms with van der Waals surface area (Å²) in [5.74, 6) is 0.301. The molecule has 10 heavy (non-hydrogen) atoms. The Morgan fingerprint density at radius 3 is 2.90 bits per heavy atom. The zero-order chi connectivity index (χ0) is 7.61. The molecule has 1 radical (unpaired) electrons. The van der Waals surface area contributed by atoms with Crippen molar-refractivity contribution in [3.63, 3.8) is 0 Å². The molecule has 6 heteroatoms. The van der Waals surface area contributed by atoms with Gasteiger partial charge in [0, 0.05) is 6.26 Å². The van der Waals surface area contributed by atoms with E-state index in [1.165, 1.54) is 6.34 Å². The number of amidine groups is 1. The number of aliphatic imine (C=N–C) groups is 1. The van der Waals surface area contributed by atoms with Crippen LogP contribution in [0.5, 0.6) is 0 Å². The zero-order valence-corrected chi connectivity index (χ0v) is 6.22. The number of nitrogens with zero attached hydrogens (tertiary/aromatic N) is 2. The van der Waals surface area contributed by atoms with Crippen LogP contribution in [-0.2, 0) is 9.84 Å². The molecule has 0 aliphatic carbocycles. The van der Waals surface area contributed by atoms with Crippen molar-refractivity contribution in [2.75, 3.05) is 12.0 Å². The minimum atomic E-state index is -2.98. The van der Waals surface area contributed by atoms with Crippen LogP contribution in [0.4, 0.5) is 0 Å². The van der Waals surface area contributed by atoms with Gasteiger partial charge in [0.1, 0.15) is 5.75 Å². The number of nitrogens with one attached hydrogen (secondary N) is 1. The minimum absolute atomic E-state index is 0.0764. The molecule has 5 nitrogen and oxygen atoms in total. The van der Waals surface area contributed by atoms with Gasteiger partial charge in [-0.25, -0.2) is 8.42 Å². The normalized spacial score (nSPS) is 16.7. The molecule has 55 valence electrons. The van der Waals surface area contributed by atoms with E-state index in [1.807, 2.05) is 0 Å². The van der Waals surface area contributed by atoms with Crippen molar-refractivity contribution in [2.45, 2.75) is 0 Å². The highest BCUT2D eigenvalue weighted by Crippen LogP contribution is 1.84. The molecule has 1 N–H and O–H groups in total. The molecule has 0 spiro atoms. The highest BCUT2D eigenvalue weighted by atomic mass is 32.2. The lowest BCUT2D eigenvalue weighted by atomic mass is 10.7. The van der Waals surface area contributed by atoms with Gasteiger partial charge in [0.05, 0.1) is 5.10 Å². The first-order valence-electron chi connectivity index (χ1n) is 2.60. The fraction of sp³-hybridized carbons (Fsp3) is 0.500. The SMILES string of the molecule is CS(=O)(=O)CC1=NC=[N+]N1. The molecule has 0 fully saturated rings. The maximum atomic E-state index is 10.6. The fourth-order valence-electron chi connectivity index (χ4n) is 0.549. The van der Waals surface area contributed by atoms with E-state index < -0.39 is 9.84 Å². The van der Waals surface area contributed by atoms with E-state index in [9.17, 15) is 8.42 Å². The molecular weight excluding hydrogens is 154 g/mol. The molecule has 0 saturated carbocycles. The van der Waals surface area contributed by atoms with Crippen LogP contribution in [0.1, 0.15) is 0 Å². The second kappa shape index (κ2) is 2.37. The third-order valence-electron chi connectivity index (χ3n) is 0.864. The average Bonchev–Trinajstić information content (AvgIpc) is 2.12. The standard InChI is InChI=1S/C4H7N3O2S/c1-10(8,9)2-4-5-3-6-7-4/h3H,2H2,1H3,(H,5,7)/q+1. The topological polar surface area (TPSA) is 72.6 Å². The van der Waals surface area contributed by atoms with Gasteiger partial charge in [0.15, 0.2) is 9.84 Å². The third kappa shape index (κ3) is 2.14. The van der Waals surface area contributed by atoms with Crippen LogP contribution < -0.4 is 10.5 Å². The van der Waals surface area contributed by atoms with Crippen molar-refractivity contribution < 1.29 is 8.42 Å². The summed E-state index contributed by atoms with van der Waals surface area (Å²) in [4.78, 5) is 3.66. The second-order valence-corrected chi connectivity index (χ2v) is 4.14. The van der Waals surface area contributed by atoms with Crippen molar-refractivity contribution in [3.8, 4) is 0 Å². The first kappa shape index (κ1) is 7.20. The highest BCUT2D eigenvalue weighted by molar-refractivity contribution is 7.91. The number of hydrogen-bond donors (Lipinski definition) is 1. The van der Waals surface area contributed by atoms with Gasteiger partial charge in [-0.3, -0.25) is 0 Å². The van der Waals surface area contributed by atoms with Crippen LogP contribution in [0.25, 0.3) is 0 Å². The summed E-state index contributed by atoms with van der Waals surface area (Å²) in [6, 6.07) is 0. The van der Waals surface area contributed by atoms with Gasteiger partial charge in [-0.2, -0.15) is 0 Å². The Kier molecular flexibility index (Phi) is 1.71. The summed E-state index contributed by atoms with van der Waals surface area (Å²) in [7, 11) is -2.98. The Hall–Kier alpha value is -0.910. The van der Waals surface area contributed by atoms with Gasteiger partial charge in [0.2, 0.25) is 0 Å². The molecule has 0 unspecified atom stereocenters. The molecule has 0 saturated heterocycles. The maximum Gasteiger partial charge on any atom is 0.354 e. The van der Waals surface area contributed by atoms with Crippen LogP contribution in [0, 0.1) is 0 Å². The maximum absolute atomic E-state index is 10.6. The predicted octanol–water partition coefficient (Wildman–Crippen LogP) is -1.69. The zero-order valence-electron chi connectivity index (χ0n) is 5.40. The molecule has 1 heterocycles. The van der Waals surface area contributed by atoms with Crippen molar-refractivity contribution in [1.82, 2.24) is 10.5 Å². The van der Waals surface area contributed by atoms with Gasteiger partial charge < -0.3 is 0 Å². The Bertz CT molecular complexity index is 277. The monoisotopic (exact) mass is 161 g/mol. The number of hydrazone groups is 1. The van der Waals surface area contributed by atoms with E-state index in [-0.39, 0.29) is 5.75 Å². The third-order valence-corrected chi connectivity index (χ3v) is 1.66. The molecule has 0 aromatic carbocycles. The van der Waals surface area contributed by atoms with E-state index in [1.54, 1.807) is 0 Å². The Labute approximate surface area is 58.8 Å². The smallest absolute Gasteiger partial charge is 0.229 e. The molecule has 0 aromatic heterocycles. The molecule has 1 aliphatic rings. The van der Waals surface area contributed by atoms with Gasteiger partial charge in [0.25, 0.3) is 5.84 Å². The molecule has 0 aromatic rings. The van der Waals surface area contributed by atoms with Crippen LogP contribution in [-0.4, -0.2) is 32.6 Å². The quantitative estimate of drug-likeness (QED) is 0.525. The summed E-state index contributed by atoms with van der Waals surface area (Å²) in [5.41, 5.74) is 2.45. The molecular formula is C4H7N3O2S+. The van der Waals surface area contributed by atoms with Crippen molar-refractivity contribution in [2.24, 2.45) is 4.99 Å². The van der Waals surface area contributed by atoms with E-state index in [0.717, 1.165) is 6.26 Å². The summed E-state index contributed by atoms with van der Waals surface area (Å²) < 4.78 is 21.2. The van der Waals surface area contributed by atoms with Crippen molar-refractivity contribution in [3.05, 3.63) is 0 Å². The van der Waals surface area contributed by atoms with Crippen molar-refractivity contribution >= 4 is 22.0 Å². The highest BCUT2D eigenvalue weighted by Gasteiger charge is 2.17. The van der Waals surface area contributed by atoms with Crippen LogP contribution in [0.15, 0.2) is 4.99 Å². The predicted molar refractivity (Wildman–Crippen MR) is 38.5 cm³/mol. The summed E-state index contributed by atoms with van der Waals surface area (Å²) in [5, 5.41) is 3.51. The van der Waals surface area contributed by atoms with E-state index in [4.69, 9.17) is 0 Å². The number of sulfone groups is 1. The number of hydrogen-bond acceptors (Lipinski definition) is 5. The summed E-state index contributed by atoms with van der Waals surface area (Å²) in [6.45, 7) is 0. The molecule has 1 aliphatic heterocycles. The lowest BCUT2D eigenvalue weighted by Crippen LogP contribution is -2.27. The van der Waals surface area contributed by atoms with E-state index in [0.29, 0.717) is 5.84 Å². The average molecular weight is 161 g/mol. The molecule has 0 bridgehead atoms. The summed E-state index contributed by atoms with van der Waals surface area (Å²) >= 11 is 0. The lowest BCUT2D eigenvalue weighted by molar-refractivity contribution is 0.605. The lowest BCUT2D eigenvalue weighted by Gasteiger charge is -1.89. The van der Waals surface area contributed by atoms with Gasteiger partial charge in [-0.1, -0.05) is 0 Å². The first-order valence-corrected chi connectivity index (χ1v) is 4.66. The van der Waals surface area contributed by atoms with E-state index >= 15 is 0 Å². The Morgan fingerprint density at radius 2 is 2.50 bits per heavy atom. The molecule has 1 rings (SSSR count).